The van der Waals surface area contributed by atoms with Crippen molar-refractivity contribution in [2.45, 2.75) is 59.5 Å². The molecular weight excluding hydrogens is 819 g/mol. The van der Waals surface area contributed by atoms with E-state index in [1.54, 1.807) is 13.8 Å². The van der Waals surface area contributed by atoms with Crippen molar-refractivity contribution < 1.29 is 23.9 Å². The number of hydrogen-bond donors (Lipinski definition) is 0. The van der Waals surface area contributed by atoms with Crippen LogP contribution in [-0.2, 0) is 23.9 Å². The first kappa shape index (κ1) is 50.3. The highest BCUT2D eigenvalue weighted by molar-refractivity contribution is 6.06. The quantitative estimate of drug-likeness (QED) is 0.0444. The third-order valence-corrected chi connectivity index (χ3v) is 9.71. The van der Waals surface area contributed by atoms with E-state index in [2.05, 4.69) is 21.5 Å². The average Bonchev–Trinajstić information content (AvgIpc) is 3.35. The van der Waals surface area contributed by atoms with Crippen LogP contribution < -0.4 is 0 Å². The maximum atomic E-state index is 12.5. The Labute approximate surface area is 389 Å². The molecule has 0 radical (unpaired) electrons. The molecule has 0 aliphatic carbocycles. The van der Waals surface area contributed by atoms with Crippen LogP contribution in [-0.4, -0.2) is 30.4 Å². The predicted molar refractivity (Wildman–Crippen MR) is 264 cm³/mol. The number of rotatable bonds is 15. The molecule has 8 heteroatoms. The Hall–Kier alpha value is -8.38. The summed E-state index contributed by atoms with van der Waals surface area (Å²) in [7, 11) is 0. The van der Waals surface area contributed by atoms with E-state index >= 15 is 0 Å². The molecule has 8 nitrogen and oxygen atoms in total. The lowest BCUT2D eigenvalue weighted by atomic mass is 9.95. The summed E-state index contributed by atoms with van der Waals surface area (Å²) in [6.07, 6.45) is 3.86. The van der Waals surface area contributed by atoms with E-state index in [9.17, 15) is 14.4 Å². The Morgan fingerprint density at radius 3 is 0.985 bits per heavy atom. The second-order valence-electron chi connectivity index (χ2n) is 14.9. The second kappa shape index (κ2) is 27.6. The Kier molecular flexibility index (Phi) is 21.0. The van der Waals surface area contributed by atoms with Crippen LogP contribution in [0.4, 0.5) is 0 Å². The molecule has 330 valence electrons. The Bertz CT molecular complexity index is 2580. The summed E-state index contributed by atoms with van der Waals surface area (Å²) in [5.74, 6) is -1.35. The Balaban J connectivity index is 0.000000218. The molecule has 0 spiro atoms. The van der Waals surface area contributed by atoms with Gasteiger partial charge in [-0.1, -0.05) is 208 Å². The SMILES string of the molecule is [C-]#[N+]C(C(=O)OC(C)C)=C(c1ccccc1)c1ccccc1.[C-]#[N+]C(C(=O)OCCCCCC)=C(c1ccccc1)c1ccccc1.[C-]#[N+]C(C(C)=O)=C(c1ccccc1)c1ccccc1. The summed E-state index contributed by atoms with van der Waals surface area (Å²) in [5.41, 5.74) is 7.22. The van der Waals surface area contributed by atoms with Crippen molar-refractivity contribution in [3.63, 3.8) is 0 Å². The highest BCUT2D eigenvalue weighted by Crippen LogP contribution is 2.31. The lowest BCUT2D eigenvalue weighted by Gasteiger charge is -2.13. The highest BCUT2D eigenvalue weighted by atomic mass is 16.5. The molecule has 0 saturated carbocycles. The van der Waals surface area contributed by atoms with Crippen molar-refractivity contribution in [3.05, 3.63) is 267 Å². The van der Waals surface area contributed by atoms with Crippen LogP contribution in [0.5, 0.6) is 0 Å². The molecule has 0 aliphatic rings. The number of allylic oxidation sites excluding steroid dienone is 1. The van der Waals surface area contributed by atoms with Gasteiger partial charge in [-0.25, -0.2) is 14.5 Å². The molecule has 0 N–H and O–H groups in total. The largest absolute Gasteiger partial charge is 0.471 e. The molecule has 66 heavy (non-hydrogen) atoms. The number of ether oxygens (including phenoxy) is 2. The van der Waals surface area contributed by atoms with Crippen molar-refractivity contribution in [1.29, 1.82) is 0 Å². The first-order chi connectivity index (χ1) is 32.1. The van der Waals surface area contributed by atoms with Gasteiger partial charge in [-0.3, -0.25) is 9.59 Å². The van der Waals surface area contributed by atoms with Gasteiger partial charge in [-0.15, -0.1) is 0 Å². The summed E-state index contributed by atoms with van der Waals surface area (Å²) in [4.78, 5) is 46.9. The fourth-order valence-electron chi connectivity index (χ4n) is 6.70. The van der Waals surface area contributed by atoms with Crippen LogP contribution in [0.3, 0.4) is 0 Å². The van der Waals surface area contributed by atoms with Gasteiger partial charge >= 0.3 is 11.9 Å². The lowest BCUT2D eigenvalue weighted by molar-refractivity contribution is -0.142. The Morgan fingerprint density at radius 2 is 0.727 bits per heavy atom. The second-order valence-corrected chi connectivity index (χ2v) is 14.9. The zero-order valence-electron chi connectivity index (χ0n) is 37.8. The van der Waals surface area contributed by atoms with Gasteiger partial charge in [0.05, 0.1) is 32.4 Å². The van der Waals surface area contributed by atoms with E-state index < -0.39 is 11.9 Å². The minimum absolute atomic E-state index is 0.00565. The summed E-state index contributed by atoms with van der Waals surface area (Å²) >= 11 is 0. The monoisotopic (exact) mass is 871 g/mol. The zero-order chi connectivity index (χ0) is 47.5. The molecule has 0 amide bonds. The standard InChI is InChI=1S/C22H23NO2.C19H17NO2.C17H13NO/c1-3-4-5-12-17-25-22(24)21(23-2)20(18-13-8-6-9-14-18)19-15-10-7-11-16-19;1-14(2)22-19(21)18(20-3)17(15-10-6-4-7-11-15)16-12-8-5-9-13-16;1-13(19)17(18-2)16(14-9-5-3-6-10-14)15-11-7-4-8-12-15/h6-11,13-16H,3-5,12,17H2,1H3;4-14H,1-2H3;3-12H,1H3. The van der Waals surface area contributed by atoms with E-state index in [1.807, 2.05) is 182 Å². The van der Waals surface area contributed by atoms with Crippen LogP contribution in [0, 0.1) is 19.7 Å². The topological polar surface area (TPSA) is 82.8 Å². The molecular formula is C58H53N3O5. The normalized spacial score (nSPS) is 9.79. The minimum Gasteiger partial charge on any atom is -0.471 e. The van der Waals surface area contributed by atoms with Gasteiger partial charge in [0.1, 0.15) is 0 Å². The molecule has 0 unspecified atom stereocenters. The molecule has 0 heterocycles. The van der Waals surface area contributed by atoms with Gasteiger partial charge in [0, 0.05) is 11.1 Å². The van der Waals surface area contributed by atoms with E-state index in [0.29, 0.717) is 23.3 Å². The summed E-state index contributed by atoms with van der Waals surface area (Å²) < 4.78 is 10.6. The van der Waals surface area contributed by atoms with Crippen molar-refractivity contribution >= 4 is 34.4 Å². The number of Topliss-reactive ketones (excluding diaryl/α,β-unsaturated/α-hetero) is 1. The number of carbonyl (C=O) groups excluding carboxylic acids is 3. The molecule has 0 bridgehead atoms. The van der Waals surface area contributed by atoms with Gasteiger partial charge < -0.3 is 14.3 Å². The molecule has 6 rings (SSSR count). The third-order valence-electron chi connectivity index (χ3n) is 9.71. The summed E-state index contributed by atoms with van der Waals surface area (Å²) in [5, 5.41) is 0. The molecule has 6 aromatic carbocycles. The van der Waals surface area contributed by atoms with Crippen molar-refractivity contribution in [3.8, 4) is 0 Å². The van der Waals surface area contributed by atoms with Gasteiger partial charge in [0.25, 0.3) is 11.4 Å². The molecule has 6 aromatic rings. The number of hydrogen-bond acceptors (Lipinski definition) is 5. The molecule has 0 atom stereocenters. The first-order valence-corrected chi connectivity index (χ1v) is 21.7. The van der Waals surface area contributed by atoms with Gasteiger partial charge in [-0.2, -0.15) is 0 Å². The third kappa shape index (κ3) is 15.2. The lowest BCUT2D eigenvalue weighted by Crippen LogP contribution is -2.13. The van der Waals surface area contributed by atoms with Crippen molar-refractivity contribution in [1.82, 2.24) is 0 Å². The summed E-state index contributed by atoms with van der Waals surface area (Å²) in [6, 6.07) is 57.0. The van der Waals surface area contributed by atoms with E-state index in [0.717, 1.165) is 59.1 Å². The number of esters is 2. The van der Waals surface area contributed by atoms with E-state index in [-0.39, 0.29) is 29.0 Å². The minimum atomic E-state index is -0.590. The number of nitrogens with zero attached hydrogens (tertiary/aromatic N) is 3. The number of carbonyl (C=O) groups is 3. The zero-order valence-corrected chi connectivity index (χ0v) is 37.8. The van der Waals surface area contributed by atoms with E-state index in [4.69, 9.17) is 29.2 Å². The number of unbranched alkanes of at least 4 members (excludes halogenated alkanes) is 3. The van der Waals surface area contributed by atoms with Crippen LogP contribution >= 0.6 is 0 Å². The number of benzene rings is 6. The predicted octanol–water partition coefficient (Wildman–Crippen LogP) is 13.8. The smallest absolute Gasteiger partial charge is 0.337 e. The van der Waals surface area contributed by atoms with Crippen molar-refractivity contribution in [2.24, 2.45) is 0 Å². The maximum absolute atomic E-state index is 12.5. The van der Waals surface area contributed by atoms with E-state index in [1.165, 1.54) is 6.92 Å². The molecule has 0 fully saturated rings. The summed E-state index contributed by atoms with van der Waals surface area (Å²) in [6.45, 7) is 29.7. The fourth-order valence-corrected chi connectivity index (χ4v) is 6.70. The van der Waals surface area contributed by atoms with Crippen molar-refractivity contribution in [2.75, 3.05) is 6.61 Å². The van der Waals surface area contributed by atoms with Gasteiger partial charge in [0.2, 0.25) is 5.70 Å². The highest BCUT2D eigenvalue weighted by Gasteiger charge is 2.22. The Morgan fingerprint density at radius 1 is 0.439 bits per heavy atom. The van der Waals surface area contributed by atoms with Crippen LogP contribution in [0.2, 0.25) is 0 Å². The van der Waals surface area contributed by atoms with Crippen LogP contribution in [0.25, 0.3) is 31.3 Å². The molecule has 0 aliphatic heterocycles. The van der Waals surface area contributed by atoms with Gasteiger partial charge in [0.15, 0.2) is 5.78 Å². The average molecular weight is 872 g/mol. The molecule has 0 saturated heterocycles. The first-order valence-electron chi connectivity index (χ1n) is 21.7. The fraction of sp³-hybridized carbons (Fsp3) is 0.172. The maximum Gasteiger partial charge on any atom is 0.337 e. The van der Waals surface area contributed by atoms with Crippen LogP contribution in [0.1, 0.15) is 86.8 Å². The van der Waals surface area contributed by atoms with Gasteiger partial charge in [-0.05, 0) is 66.1 Å². The molecule has 0 aromatic heterocycles. The number of ketones is 1. The van der Waals surface area contributed by atoms with Crippen LogP contribution in [0.15, 0.2) is 199 Å².